The maximum Gasteiger partial charge on any atom is 0.326 e. The van der Waals surface area contributed by atoms with Crippen LogP contribution in [0.3, 0.4) is 0 Å². The van der Waals surface area contributed by atoms with Crippen molar-refractivity contribution in [3.63, 3.8) is 0 Å². The van der Waals surface area contributed by atoms with Gasteiger partial charge in [0.2, 0.25) is 5.91 Å². The van der Waals surface area contributed by atoms with Gasteiger partial charge in [0.25, 0.3) is 0 Å². The molecule has 2 unspecified atom stereocenters. The number of amides is 1. The molecule has 1 aliphatic heterocycles. The van der Waals surface area contributed by atoms with E-state index in [-0.39, 0.29) is 18.1 Å². The van der Waals surface area contributed by atoms with Gasteiger partial charge in [0.05, 0.1) is 13.0 Å². The van der Waals surface area contributed by atoms with Crippen LogP contribution in [-0.4, -0.2) is 36.2 Å². The monoisotopic (exact) mass is 313 g/mol. The maximum atomic E-state index is 13.5. The maximum absolute atomic E-state index is 13.5. The van der Waals surface area contributed by atoms with E-state index in [0.29, 0.717) is 19.4 Å². The summed E-state index contributed by atoms with van der Waals surface area (Å²) in [6, 6.07) is 2.18. The van der Waals surface area contributed by atoms with Gasteiger partial charge in [0.1, 0.15) is 17.7 Å². The standard InChI is InChI=1S/C15H17F2NO4/c16-11-4-1-5-12(17)10(11)7-13(19)18-14(15(20)21)9-3-2-6-22-8-9/h1,4-5,9,14H,2-3,6-8H2,(H,18,19)(H,20,21). The van der Waals surface area contributed by atoms with Gasteiger partial charge in [0, 0.05) is 18.1 Å². The van der Waals surface area contributed by atoms with Crippen molar-refractivity contribution in [1.82, 2.24) is 5.32 Å². The average Bonchev–Trinajstić information content (AvgIpc) is 2.49. The number of benzene rings is 1. The normalized spacial score (nSPS) is 19.5. The molecule has 0 aliphatic carbocycles. The Morgan fingerprint density at radius 1 is 1.36 bits per heavy atom. The van der Waals surface area contributed by atoms with Crippen LogP contribution < -0.4 is 5.32 Å². The molecule has 0 bridgehead atoms. The van der Waals surface area contributed by atoms with Crippen molar-refractivity contribution in [2.45, 2.75) is 25.3 Å². The number of hydrogen-bond donors (Lipinski definition) is 2. The second-order valence-corrected chi connectivity index (χ2v) is 5.24. The third kappa shape index (κ3) is 4.00. The second kappa shape index (κ2) is 7.31. The highest BCUT2D eigenvalue weighted by molar-refractivity contribution is 5.85. The topological polar surface area (TPSA) is 75.6 Å². The molecule has 1 saturated heterocycles. The number of hydrogen-bond acceptors (Lipinski definition) is 3. The average molecular weight is 313 g/mol. The van der Waals surface area contributed by atoms with Gasteiger partial charge < -0.3 is 15.2 Å². The molecule has 1 aliphatic rings. The smallest absolute Gasteiger partial charge is 0.326 e. The number of carbonyl (C=O) groups excluding carboxylic acids is 1. The molecule has 2 N–H and O–H groups in total. The van der Waals surface area contributed by atoms with Gasteiger partial charge in [-0.25, -0.2) is 13.6 Å². The molecule has 1 heterocycles. The number of halogens is 2. The summed E-state index contributed by atoms with van der Waals surface area (Å²) in [7, 11) is 0. The van der Waals surface area contributed by atoms with E-state index < -0.39 is 36.0 Å². The van der Waals surface area contributed by atoms with Crippen LogP contribution >= 0.6 is 0 Å². The Balaban J connectivity index is 2.03. The van der Waals surface area contributed by atoms with Gasteiger partial charge in [0.15, 0.2) is 0 Å². The minimum absolute atomic E-state index is 0.241. The third-order valence-electron chi connectivity index (χ3n) is 3.65. The van der Waals surface area contributed by atoms with Crippen molar-refractivity contribution in [2.24, 2.45) is 5.92 Å². The molecule has 120 valence electrons. The largest absolute Gasteiger partial charge is 0.480 e. The molecule has 1 amide bonds. The first-order chi connectivity index (χ1) is 10.5. The molecule has 22 heavy (non-hydrogen) atoms. The van der Waals surface area contributed by atoms with Gasteiger partial charge in [-0.15, -0.1) is 0 Å². The molecule has 2 rings (SSSR count). The lowest BCUT2D eigenvalue weighted by atomic mass is 9.93. The summed E-state index contributed by atoms with van der Waals surface area (Å²) < 4.78 is 32.2. The molecular formula is C15H17F2NO4. The summed E-state index contributed by atoms with van der Waals surface area (Å²) in [5.74, 6) is -3.92. The SMILES string of the molecule is O=C(Cc1c(F)cccc1F)NC(C(=O)O)C1CCCOC1. The van der Waals surface area contributed by atoms with Gasteiger partial charge in [-0.2, -0.15) is 0 Å². The molecule has 0 aromatic heterocycles. The van der Waals surface area contributed by atoms with Gasteiger partial charge >= 0.3 is 5.97 Å². The second-order valence-electron chi connectivity index (χ2n) is 5.24. The van der Waals surface area contributed by atoms with E-state index in [4.69, 9.17) is 4.74 Å². The fourth-order valence-corrected chi connectivity index (χ4v) is 2.50. The quantitative estimate of drug-likeness (QED) is 0.864. The van der Waals surface area contributed by atoms with Crippen LogP contribution in [0.4, 0.5) is 8.78 Å². The Kier molecular flexibility index (Phi) is 5.43. The molecule has 0 radical (unpaired) electrons. The fourth-order valence-electron chi connectivity index (χ4n) is 2.50. The summed E-state index contributed by atoms with van der Waals surface area (Å²) in [4.78, 5) is 23.2. The number of carboxylic acids is 1. The van der Waals surface area contributed by atoms with E-state index in [1.165, 1.54) is 6.07 Å². The number of nitrogens with one attached hydrogen (secondary N) is 1. The van der Waals surface area contributed by atoms with Crippen LogP contribution in [0.5, 0.6) is 0 Å². The molecule has 7 heteroatoms. The number of rotatable bonds is 5. The molecular weight excluding hydrogens is 296 g/mol. The van der Waals surface area contributed by atoms with Crippen LogP contribution in [0.25, 0.3) is 0 Å². The molecule has 1 aromatic rings. The zero-order chi connectivity index (χ0) is 16.1. The van der Waals surface area contributed by atoms with E-state index in [2.05, 4.69) is 5.32 Å². The molecule has 2 atom stereocenters. The number of carbonyl (C=O) groups is 2. The first-order valence-corrected chi connectivity index (χ1v) is 7.02. The third-order valence-corrected chi connectivity index (χ3v) is 3.65. The van der Waals surface area contributed by atoms with E-state index in [1.807, 2.05) is 0 Å². The summed E-state index contributed by atoms with van der Waals surface area (Å²) in [5.41, 5.74) is -0.371. The van der Waals surface area contributed by atoms with Gasteiger partial charge in [-0.3, -0.25) is 4.79 Å². The fraction of sp³-hybridized carbons (Fsp3) is 0.467. The zero-order valence-electron chi connectivity index (χ0n) is 11.9. The minimum Gasteiger partial charge on any atom is -0.480 e. The van der Waals surface area contributed by atoms with Crippen molar-refractivity contribution < 1.29 is 28.2 Å². The highest BCUT2D eigenvalue weighted by atomic mass is 19.1. The highest BCUT2D eigenvalue weighted by Crippen LogP contribution is 2.18. The van der Waals surface area contributed by atoms with Crippen LogP contribution in [0.15, 0.2) is 18.2 Å². The lowest BCUT2D eigenvalue weighted by Crippen LogP contribution is -2.48. The van der Waals surface area contributed by atoms with Crippen molar-refractivity contribution >= 4 is 11.9 Å². The highest BCUT2D eigenvalue weighted by Gasteiger charge is 2.31. The molecule has 5 nitrogen and oxygen atoms in total. The summed E-state index contributed by atoms with van der Waals surface area (Å²) in [6.07, 6.45) is 0.785. The Hall–Kier alpha value is -2.02. The first kappa shape index (κ1) is 16.4. The number of ether oxygens (including phenoxy) is 1. The van der Waals surface area contributed by atoms with Gasteiger partial charge in [-0.1, -0.05) is 6.07 Å². The number of aliphatic carboxylic acids is 1. The first-order valence-electron chi connectivity index (χ1n) is 7.02. The predicted molar refractivity (Wildman–Crippen MR) is 73.2 cm³/mol. The van der Waals surface area contributed by atoms with Crippen molar-refractivity contribution in [3.8, 4) is 0 Å². The van der Waals surface area contributed by atoms with E-state index in [9.17, 15) is 23.5 Å². The van der Waals surface area contributed by atoms with E-state index in [0.717, 1.165) is 12.1 Å². The van der Waals surface area contributed by atoms with Crippen molar-refractivity contribution in [2.75, 3.05) is 13.2 Å². The molecule has 0 saturated carbocycles. The number of carboxylic acid groups (broad SMARTS) is 1. The summed E-state index contributed by atoms with van der Waals surface area (Å²) in [6.45, 7) is 0.808. The summed E-state index contributed by atoms with van der Waals surface area (Å²) in [5, 5.41) is 11.6. The van der Waals surface area contributed by atoms with Crippen LogP contribution in [-0.2, 0) is 20.7 Å². The van der Waals surface area contributed by atoms with Crippen molar-refractivity contribution in [3.05, 3.63) is 35.4 Å². The minimum atomic E-state index is -1.18. The van der Waals surface area contributed by atoms with Crippen LogP contribution in [0.1, 0.15) is 18.4 Å². The van der Waals surface area contributed by atoms with Crippen LogP contribution in [0, 0.1) is 17.6 Å². The van der Waals surface area contributed by atoms with E-state index >= 15 is 0 Å². The van der Waals surface area contributed by atoms with Gasteiger partial charge in [-0.05, 0) is 25.0 Å². The van der Waals surface area contributed by atoms with Crippen molar-refractivity contribution in [1.29, 1.82) is 0 Å². The predicted octanol–water partition coefficient (Wildman–Crippen LogP) is 1.50. The van der Waals surface area contributed by atoms with Crippen LogP contribution in [0.2, 0.25) is 0 Å². The Labute approximate surface area is 126 Å². The summed E-state index contributed by atoms with van der Waals surface area (Å²) >= 11 is 0. The van der Waals surface area contributed by atoms with E-state index in [1.54, 1.807) is 0 Å². The molecule has 0 spiro atoms. The Morgan fingerprint density at radius 2 is 2.05 bits per heavy atom. The molecule has 1 fully saturated rings. The Bertz CT molecular complexity index is 538. The lowest BCUT2D eigenvalue weighted by molar-refractivity contribution is -0.145. The zero-order valence-corrected chi connectivity index (χ0v) is 11.9. The Morgan fingerprint density at radius 3 is 2.59 bits per heavy atom. The molecule has 1 aromatic carbocycles. The lowest BCUT2D eigenvalue weighted by Gasteiger charge is -2.28.